The van der Waals surface area contributed by atoms with E-state index in [0.29, 0.717) is 28.5 Å². The number of amides is 1. The zero-order valence-corrected chi connectivity index (χ0v) is 13.9. The lowest BCUT2D eigenvalue weighted by Gasteiger charge is -2.11. The largest absolute Gasteiger partial charge is 0.454 e. The first kappa shape index (κ1) is 15.9. The Labute approximate surface area is 149 Å². The topological polar surface area (TPSA) is 82.6 Å². The molecule has 0 atom stereocenters. The van der Waals surface area contributed by atoms with Crippen molar-refractivity contribution in [3.8, 4) is 23.3 Å². The molecule has 1 amide bonds. The molecule has 0 spiro atoms. The summed E-state index contributed by atoms with van der Waals surface area (Å²) < 4.78 is 16.1. The summed E-state index contributed by atoms with van der Waals surface area (Å²) in [6, 6.07) is 12.4. The highest BCUT2D eigenvalue weighted by atomic mass is 16.7. The molecule has 26 heavy (non-hydrogen) atoms. The first-order chi connectivity index (χ1) is 12.7. The molecule has 0 aliphatic carbocycles. The molecule has 2 heterocycles. The van der Waals surface area contributed by atoms with Gasteiger partial charge in [-0.05, 0) is 55.0 Å². The molecule has 1 N–H and O–H groups in total. The van der Waals surface area contributed by atoms with Crippen molar-refractivity contribution >= 4 is 11.6 Å². The van der Waals surface area contributed by atoms with E-state index in [1.807, 2.05) is 13.0 Å². The van der Waals surface area contributed by atoms with E-state index in [1.54, 1.807) is 48.8 Å². The van der Waals surface area contributed by atoms with Crippen molar-refractivity contribution in [1.29, 1.82) is 0 Å². The standard InChI is InChI=1S/C19H15N3O4/c1-12-9-14(26-19-20-7-2-8-21-19)4-5-15(12)22-18(23)13-3-6-16-17(10-13)25-11-24-16/h2-10H,11H2,1H3,(H,22,23). The van der Waals surface area contributed by atoms with Crippen molar-refractivity contribution in [1.82, 2.24) is 9.97 Å². The summed E-state index contributed by atoms with van der Waals surface area (Å²) >= 11 is 0. The van der Waals surface area contributed by atoms with Crippen LogP contribution in [-0.4, -0.2) is 22.7 Å². The van der Waals surface area contributed by atoms with Gasteiger partial charge in [0.15, 0.2) is 11.5 Å². The average Bonchev–Trinajstić information content (AvgIpc) is 3.12. The Balaban J connectivity index is 1.48. The molecule has 0 bridgehead atoms. The lowest BCUT2D eigenvalue weighted by Crippen LogP contribution is -2.12. The summed E-state index contributed by atoms with van der Waals surface area (Å²) in [5.41, 5.74) is 2.04. The van der Waals surface area contributed by atoms with Gasteiger partial charge in [0.1, 0.15) is 5.75 Å². The van der Waals surface area contributed by atoms with Gasteiger partial charge in [-0.1, -0.05) is 0 Å². The Morgan fingerprint density at radius 1 is 1.08 bits per heavy atom. The van der Waals surface area contributed by atoms with Gasteiger partial charge in [-0.3, -0.25) is 4.79 Å². The maximum Gasteiger partial charge on any atom is 0.321 e. The smallest absolute Gasteiger partial charge is 0.321 e. The number of aryl methyl sites for hydroxylation is 1. The van der Waals surface area contributed by atoms with E-state index in [-0.39, 0.29) is 18.7 Å². The molecular weight excluding hydrogens is 334 g/mol. The van der Waals surface area contributed by atoms with Crippen molar-refractivity contribution in [3.05, 3.63) is 66.0 Å². The minimum Gasteiger partial charge on any atom is -0.454 e. The van der Waals surface area contributed by atoms with Gasteiger partial charge in [0.25, 0.3) is 5.91 Å². The molecule has 1 aliphatic heterocycles. The molecule has 0 fully saturated rings. The SMILES string of the molecule is Cc1cc(Oc2ncccn2)ccc1NC(=O)c1ccc2c(c1)OCO2. The van der Waals surface area contributed by atoms with Gasteiger partial charge in [0, 0.05) is 23.6 Å². The number of nitrogens with one attached hydrogen (secondary N) is 1. The Morgan fingerprint density at radius 2 is 1.88 bits per heavy atom. The molecule has 4 rings (SSSR count). The molecule has 7 heteroatoms. The number of hydrogen-bond donors (Lipinski definition) is 1. The molecular formula is C19H15N3O4. The Morgan fingerprint density at radius 3 is 2.69 bits per heavy atom. The Hall–Kier alpha value is -3.61. The average molecular weight is 349 g/mol. The summed E-state index contributed by atoms with van der Waals surface area (Å²) in [5.74, 6) is 1.57. The van der Waals surface area contributed by atoms with Gasteiger partial charge in [-0.15, -0.1) is 0 Å². The van der Waals surface area contributed by atoms with Crippen LogP contribution in [0, 0.1) is 6.92 Å². The summed E-state index contributed by atoms with van der Waals surface area (Å²) in [7, 11) is 0. The van der Waals surface area contributed by atoms with Gasteiger partial charge in [0.2, 0.25) is 6.79 Å². The molecule has 0 unspecified atom stereocenters. The molecule has 0 saturated heterocycles. The normalized spacial score (nSPS) is 11.9. The molecule has 3 aromatic rings. The number of ether oxygens (including phenoxy) is 3. The van der Waals surface area contributed by atoms with Crippen LogP contribution in [0.4, 0.5) is 5.69 Å². The van der Waals surface area contributed by atoms with E-state index in [0.717, 1.165) is 5.56 Å². The van der Waals surface area contributed by atoms with Gasteiger partial charge in [0.05, 0.1) is 0 Å². The van der Waals surface area contributed by atoms with Crippen LogP contribution in [0.3, 0.4) is 0 Å². The fraction of sp³-hybridized carbons (Fsp3) is 0.105. The first-order valence-electron chi connectivity index (χ1n) is 7.95. The number of anilines is 1. The highest BCUT2D eigenvalue weighted by Gasteiger charge is 2.16. The van der Waals surface area contributed by atoms with Crippen molar-refractivity contribution in [3.63, 3.8) is 0 Å². The fourth-order valence-electron chi connectivity index (χ4n) is 2.52. The molecule has 130 valence electrons. The first-order valence-corrected chi connectivity index (χ1v) is 7.95. The van der Waals surface area contributed by atoms with Crippen LogP contribution in [-0.2, 0) is 0 Å². The van der Waals surface area contributed by atoms with Gasteiger partial charge < -0.3 is 19.5 Å². The zero-order chi connectivity index (χ0) is 17.9. The van der Waals surface area contributed by atoms with E-state index in [1.165, 1.54) is 0 Å². The Kier molecular flexibility index (Phi) is 4.10. The number of carbonyl (C=O) groups excluding carboxylic acids is 1. The van der Waals surface area contributed by atoms with Crippen LogP contribution < -0.4 is 19.5 Å². The second-order valence-corrected chi connectivity index (χ2v) is 5.63. The van der Waals surface area contributed by atoms with Gasteiger partial charge in [-0.25, -0.2) is 9.97 Å². The van der Waals surface area contributed by atoms with E-state index >= 15 is 0 Å². The molecule has 0 radical (unpaired) electrons. The number of rotatable bonds is 4. The maximum atomic E-state index is 12.5. The van der Waals surface area contributed by atoms with Crippen LogP contribution in [0.1, 0.15) is 15.9 Å². The third-order valence-corrected chi connectivity index (χ3v) is 3.83. The third-order valence-electron chi connectivity index (χ3n) is 3.83. The maximum absolute atomic E-state index is 12.5. The summed E-state index contributed by atoms with van der Waals surface area (Å²) in [6.07, 6.45) is 3.21. The van der Waals surface area contributed by atoms with Gasteiger partial charge >= 0.3 is 6.01 Å². The van der Waals surface area contributed by atoms with Crippen LogP contribution in [0.15, 0.2) is 54.9 Å². The highest BCUT2D eigenvalue weighted by molar-refractivity contribution is 6.05. The molecule has 1 aromatic heterocycles. The predicted molar refractivity (Wildman–Crippen MR) is 93.8 cm³/mol. The van der Waals surface area contributed by atoms with E-state index in [2.05, 4.69) is 15.3 Å². The lowest BCUT2D eigenvalue weighted by molar-refractivity contribution is 0.102. The Bertz CT molecular complexity index is 960. The van der Waals surface area contributed by atoms with E-state index < -0.39 is 0 Å². The van der Waals surface area contributed by atoms with Crippen molar-refractivity contribution in [2.45, 2.75) is 6.92 Å². The number of nitrogens with zero attached hydrogens (tertiary/aromatic N) is 2. The third kappa shape index (κ3) is 3.27. The van der Waals surface area contributed by atoms with Crippen LogP contribution >= 0.6 is 0 Å². The number of carbonyl (C=O) groups is 1. The number of hydrogen-bond acceptors (Lipinski definition) is 6. The van der Waals surface area contributed by atoms with Gasteiger partial charge in [-0.2, -0.15) is 0 Å². The molecule has 7 nitrogen and oxygen atoms in total. The quantitative estimate of drug-likeness (QED) is 0.775. The molecule has 0 saturated carbocycles. The van der Waals surface area contributed by atoms with Crippen LogP contribution in [0.25, 0.3) is 0 Å². The van der Waals surface area contributed by atoms with Crippen molar-refractivity contribution in [2.24, 2.45) is 0 Å². The number of benzene rings is 2. The summed E-state index contributed by atoms with van der Waals surface area (Å²) in [6.45, 7) is 2.06. The second-order valence-electron chi connectivity index (χ2n) is 5.63. The number of aromatic nitrogens is 2. The molecule has 1 aliphatic rings. The second kappa shape index (κ2) is 6.72. The zero-order valence-electron chi connectivity index (χ0n) is 13.9. The number of fused-ring (bicyclic) bond motifs is 1. The highest BCUT2D eigenvalue weighted by Crippen LogP contribution is 2.33. The van der Waals surface area contributed by atoms with Crippen LogP contribution in [0.2, 0.25) is 0 Å². The minimum absolute atomic E-state index is 0.173. The van der Waals surface area contributed by atoms with E-state index in [4.69, 9.17) is 14.2 Å². The predicted octanol–water partition coefficient (Wildman–Crippen LogP) is 3.56. The fourth-order valence-corrected chi connectivity index (χ4v) is 2.52. The van der Waals surface area contributed by atoms with Crippen molar-refractivity contribution < 1.29 is 19.0 Å². The minimum atomic E-state index is -0.230. The van der Waals surface area contributed by atoms with Crippen LogP contribution in [0.5, 0.6) is 23.3 Å². The summed E-state index contributed by atoms with van der Waals surface area (Å²) in [4.78, 5) is 20.5. The van der Waals surface area contributed by atoms with Crippen molar-refractivity contribution in [2.75, 3.05) is 12.1 Å². The molecule has 2 aromatic carbocycles. The lowest BCUT2D eigenvalue weighted by atomic mass is 10.1. The summed E-state index contributed by atoms with van der Waals surface area (Å²) in [5, 5.41) is 2.89. The monoisotopic (exact) mass is 349 g/mol. The van der Waals surface area contributed by atoms with E-state index in [9.17, 15) is 4.79 Å².